The summed E-state index contributed by atoms with van der Waals surface area (Å²) in [7, 11) is 0. The molecule has 2 bridgehead atoms. The van der Waals surface area contributed by atoms with E-state index in [1.807, 2.05) is 11.1 Å². The van der Waals surface area contributed by atoms with Gasteiger partial charge in [0.05, 0.1) is 0 Å². The zero-order chi connectivity index (χ0) is 7.97. The fraction of sp³-hybridized carbons (Fsp3) is 0.833. The highest BCUT2D eigenvalue weighted by Crippen LogP contribution is 2.49. The molecule has 0 aromatic heterocycles. The van der Waals surface area contributed by atoms with E-state index in [-0.39, 0.29) is 0 Å². The van der Waals surface area contributed by atoms with Crippen LogP contribution in [-0.4, -0.2) is 0 Å². The fourth-order valence-electron chi connectivity index (χ4n) is 3.64. The molecule has 3 rings (SSSR count). The van der Waals surface area contributed by atoms with Gasteiger partial charge in [0.25, 0.3) is 0 Å². The highest BCUT2D eigenvalue weighted by Gasteiger charge is 2.34. The van der Waals surface area contributed by atoms with Crippen molar-refractivity contribution in [2.24, 2.45) is 11.8 Å². The van der Waals surface area contributed by atoms with Crippen molar-refractivity contribution in [3.05, 3.63) is 11.1 Å². The summed E-state index contributed by atoms with van der Waals surface area (Å²) in [6.07, 6.45) is 12.0. The Morgan fingerprint density at radius 3 is 2.92 bits per heavy atom. The molecule has 3 aliphatic rings. The van der Waals surface area contributed by atoms with Crippen LogP contribution in [0.1, 0.15) is 51.4 Å². The van der Waals surface area contributed by atoms with Crippen LogP contribution >= 0.6 is 0 Å². The second-order valence-corrected chi connectivity index (χ2v) is 4.92. The highest BCUT2D eigenvalue weighted by molar-refractivity contribution is 5.25. The summed E-state index contributed by atoms with van der Waals surface area (Å²) >= 11 is 0. The van der Waals surface area contributed by atoms with Gasteiger partial charge >= 0.3 is 0 Å². The van der Waals surface area contributed by atoms with E-state index in [0.717, 1.165) is 11.8 Å². The summed E-state index contributed by atoms with van der Waals surface area (Å²) < 4.78 is 0. The third-order valence-electron chi connectivity index (χ3n) is 4.20. The van der Waals surface area contributed by atoms with Gasteiger partial charge in [-0.05, 0) is 63.2 Å². The summed E-state index contributed by atoms with van der Waals surface area (Å²) in [4.78, 5) is 0. The van der Waals surface area contributed by atoms with E-state index in [4.69, 9.17) is 0 Å². The van der Waals surface area contributed by atoms with Crippen LogP contribution in [0.5, 0.6) is 0 Å². The smallest absolute Gasteiger partial charge is 0.0198 e. The number of fused-ring (bicyclic) bond motifs is 3. The highest BCUT2D eigenvalue weighted by atomic mass is 14.4. The van der Waals surface area contributed by atoms with Crippen LogP contribution in [-0.2, 0) is 0 Å². The zero-order valence-corrected chi connectivity index (χ0v) is 7.81. The van der Waals surface area contributed by atoms with Gasteiger partial charge in [-0.3, -0.25) is 0 Å². The van der Waals surface area contributed by atoms with Crippen LogP contribution in [0.25, 0.3) is 0 Å². The molecule has 1 saturated carbocycles. The minimum Gasteiger partial charge on any atom is -0.0705 e. The fourth-order valence-corrected chi connectivity index (χ4v) is 3.64. The molecule has 3 aliphatic carbocycles. The molecule has 2 atom stereocenters. The minimum absolute atomic E-state index is 1.05. The summed E-state index contributed by atoms with van der Waals surface area (Å²) in [6.45, 7) is 0. The SMILES string of the molecule is C1CCC2=C(C1)CC1CCC2C1. The standard InChI is InChI=1S/C12H18/c1-2-4-12-10(3-1)7-9-5-6-11(12)8-9/h9,11H,1-8H2. The predicted octanol–water partition coefficient (Wildman–Crippen LogP) is 3.68. The van der Waals surface area contributed by atoms with Crippen molar-refractivity contribution in [3.63, 3.8) is 0 Å². The quantitative estimate of drug-likeness (QED) is 0.477. The van der Waals surface area contributed by atoms with Crippen LogP contribution in [0.4, 0.5) is 0 Å². The van der Waals surface area contributed by atoms with Gasteiger partial charge in [-0.1, -0.05) is 11.1 Å². The molecule has 0 N–H and O–H groups in total. The maximum atomic E-state index is 1.93. The molecule has 0 saturated heterocycles. The van der Waals surface area contributed by atoms with E-state index in [0.29, 0.717) is 0 Å². The van der Waals surface area contributed by atoms with Crippen molar-refractivity contribution in [2.75, 3.05) is 0 Å². The summed E-state index contributed by atoms with van der Waals surface area (Å²) in [5.74, 6) is 2.16. The van der Waals surface area contributed by atoms with Crippen LogP contribution in [0.15, 0.2) is 11.1 Å². The van der Waals surface area contributed by atoms with Gasteiger partial charge in [0.15, 0.2) is 0 Å². The largest absolute Gasteiger partial charge is 0.0705 e. The Kier molecular flexibility index (Phi) is 1.56. The monoisotopic (exact) mass is 162 g/mol. The molecule has 0 aromatic rings. The van der Waals surface area contributed by atoms with Crippen molar-refractivity contribution in [1.29, 1.82) is 0 Å². The Balaban J connectivity index is 1.95. The first kappa shape index (κ1) is 7.17. The summed E-state index contributed by atoms with van der Waals surface area (Å²) in [5, 5.41) is 0. The van der Waals surface area contributed by atoms with Crippen molar-refractivity contribution in [3.8, 4) is 0 Å². The molecule has 0 radical (unpaired) electrons. The van der Waals surface area contributed by atoms with Gasteiger partial charge in [0.1, 0.15) is 0 Å². The van der Waals surface area contributed by atoms with Crippen LogP contribution < -0.4 is 0 Å². The average Bonchev–Trinajstić information content (AvgIpc) is 2.49. The van der Waals surface area contributed by atoms with E-state index in [1.165, 1.54) is 44.9 Å². The maximum Gasteiger partial charge on any atom is -0.0198 e. The molecule has 0 aliphatic heterocycles. The van der Waals surface area contributed by atoms with Gasteiger partial charge in [0.2, 0.25) is 0 Å². The minimum atomic E-state index is 1.05. The van der Waals surface area contributed by atoms with Gasteiger partial charge in [0, 0.05) is 0 Å². The van der Waals surface area contributed by atoms with E-state index < -0.39 is 0 Å². The maximum absolute atomic E-state index is 1.93. The van der Waals surface area contributed by atoms with Crippen LogP contribution in [0, 0.1) is 11.8 Å². The van der Waals surface area contributed by atoms with Crippen LogP contribution in [0.2, 0.25) is 0 Å². The first-order valence-corrected chi connectivity index (χ1v) is 5.64. The van der Waals surface area contributed by atoms with Crippen molar-refractivity contribution in [1.82, 2.24) is 0 Å². The number of allylic oxidation sites excluding steroid dienone is 2. The Morgan fingerprint density at radius 1 is 1.00 bits per heavy atom. The van der Waals surface area contributed by atoms with Gasteiger partial charge < -0.3 is 0 Å². The summed E-state index contributed by atoms with van der Waals surface area (Å²) in [6, 6.07) is 0. The van der Waals surface area contributed by atoms with Crippen molar-refractivity contribution in [2.45, 2.75) is 51.4 Å². The number of hydrogen-bond donors (Lipinski definition) is 0. The normalized spacial score (nSPS) is 40.0. The molecule has 1 fully saturated rings. The van der Waals surface area contributed by atoms with Crippen molar-refractivity contribution >= 4 is 0 Å². The Labute approximate surface area is 75.0 Å². The molecule has 0 spiro atoms. The lowest BCUT2D eigenvalue weighted by atomic mass is 9.76. The van der Waals surface area contributed by atoms with Gasteiger partial charge in [-0.25, -0.2) is 0 Å². The van der Waals surface area contributed by atoms with E-state index in [9.17, 15) is 0 Å². The third kappa shape index (κ3) is 0.967. The molecule has 0 heterocycles. The van der Waals surface area contributed by atoms with Gasteiger partial charge in [-0.15, -0.1) is 0 Å². The molecule has 12 heavy (non-hydrogen) atoms. The molecule has 66 valence electrons. The van der Waals surface area contributed by atoms with E-state index in [1.54, 1.807) is 6.42 Å². The lowest BCUT2D eigenvalue weighted by molar-refractivity contribution is 0.440. The third-order valence-corrected chi connectivity index (χ3v) is 4.20. The Morgan fingerprint density at radius 2 is 1.92 bits per heavy atom. The van der Waals surface area contributed by atoms with Crippen LogP contribution in [0.3, 0.4) is 0 Å². The van der Waals surface area contributed by atoms with E-state index >= 15 is 0 Å². The first-order chi connectivity index (χ1) is 5.93. The molecular weight excluding hydrogens is 144 g/mol. The lowest BCUT2D eigenvalue weighted by Gasteiger charge is -2.30. The molecular formula is C12H18. The Hall–Kier alpha value is -0.260. The topological polar surface area (TPSA) is 0 Å². The van der Waals surface area contributed by atoms with Crippen molar-refractivity contribution < 1.29 is 0 Å². The second-order valence-electron chi connectivity index (χ2n) is 4.92. The predicted molar refractivity (Wildman–Crippen MR) is 50.9 cm³/mol. The zero-order valence-electron chi connectivity index (χ0n) is 7.81. The lowest BCUT2D eigenvalue weighted by Crippen LogP contribution is -2.14. The van der Waals surface area contributed by atoms with E-state index in [2.05, 4.69) is 0 Å². The number of rotatable bonds is 0. The first-order valence-electron chi connectivity index (χ1n) is 5.64. The molecule has 0 heteroatoms. The Bertz CT molecular complexity index is 224. The second kappa shape index (κ2) is 2.61. The molecule has 0 amide bonds. The number of hydrogen-bond acceptors (Lipinski definition) is 0. The van der Waals surface area contributed by atoms with Gasteiger partial charge in [-0.2, -0.15) is 0 Å². The summed E-state index contributed by atoms with van der Waals surface area (Å²) in [5.41, 5.74) is 3.83. The molecule has 0 nitrogen and oxygen atoms in total. The molecule has 0 aromatic carbocycles. The molecule has 2 unspecified atom stereocenters. The average molecular weight is 162 g/mol.